The van der Waals surface area contributed by atoms with Gasteiger partial charge < -0.3 is 15.2 Å². The van der Waals surface area contributed by atoms with E-state index in [9.17, 15) is 0 Å². The van der Waals surface area contributed by atoms with Crippen LogP contribution in [0.4, 0.5) is 5.69 Å². The van der Waals surface area contributed by atoms with Crippen molar-refractivity contribution in [3.05, 3.63) is 48.5 Å². The Morgan fingerprint density at radius 1 is 0.955 bits per heavy atom. The lowest BCUT2D eigenvalue weighted by molar-refractivity contribution is 0.395. The molecule has 22 heavy (non-hydrogen) atoms. The average molecular weight is 295 g/mol. The van der Waals surface area contributed by atoms with E-state index in [1.807, 2.05) is 48.5 Å². The second-order valence-electron chi connectivity index (χ2n) is 4.86. The van der Waals surface area contributed by atoms with Gasteiger partial charge in [0.1, 0.15) is 11.5 Å². The van der Waals surface area contributed by atoms with Crippen molar-refractivity contribution in [2.45, 2.75) is 0 Å². The monoisotopic (exact) mass is 295 g/mol. The molecule has 5 heteroatoms. The van der Waals surface area contributed by atoms with Crippen molar-refractivity contribution in [3.63, 3.8) is 0 Å². The molecule has 1 aromatic heterocycles. The number of aromatic nitrogens is 2. The van der Waals surface area contributed by atoms with Crippen molar-refractivity contribution in [1.82, 2.24) is 10.2 Å². The molecule has 0 spiro atoms. The van der Waals surface area contributed by atoms with Crippen molar-refractivity contribution in [3.8, 4) is 34.0 Å². The van der Waals surface area contributed by atoms with Crippen LogP contribution in [-0.4, -0.2) is 24.4 Å². The van der Waals surface area contributed by atoms with E-state index in [2.05, 4.69) is 10.2 Å². The van der Waals surface area contributed by atoms with Crippen LogP contribution in [0.15, 0.2) is 48.5 Å². The van der Waals surface area contributed by atoms with E-state index in [0.29, 0.717) is 0 Å². The van der Waals surface area contributed by atoms with Gasteiger partial charge in [0.2, 0.25) is 0 Å². The molecule has 0 radical (unpaired) electrons. The maximum absolute atomic E-state index is 5.71. The van der Waals surface area contributed by atoms with Crippen molar-refractivity contribution < 1.29 is 9.47 Å². The van der Waals surface area contributed by atoms with E-state index in [1.54, 1.807) is 14.2 Å². The highest BCUT2D eigenvalue weighted by Gasteiger charge is 2.11. The van der Waals surface area contributed by atoms with Crippen LogP contribution in [0, 0.1) is 0 Å². The number of nitrogens with zero attached hydrogens (tertiary/aromatic N) is 1. The van der Waals surface area contributed by atoms with Crippen LogP contribution in [0.1, 0.15) is 0 Å². The molecule has 0 unspecified atom stereocenters. The van der Waals surface area contributed by atoms with E-state index >= 15 is 0 Å². The van der Waals surface area contributed by atoms with Crippen LogP contribution in [0.3, 0.4) is 0 Å². The number of methoxy groups -OCH3 is 2. The lowest BCUT2D eigenvalue weighted by Gasteiger charge is -2.08. The summed E-state index contributed by atoms with van der Waals surface area (Å²) in [5.74, 6) is 1.48. The lowest BCUT2D eigenvalue weighted by atomic mass is 10.1. The quantitative estimate of drug-likeness (QED) is 0.724. The Morgan fingerprint density at radius 3 is 2.41 bits per heavy atom. The summed E-state index contributed by atoms with van der Waals surface area (Å²) in [6.07, 6.45) is 0. The van der Waals surface area contributed by atoms with Gasteiger partial charge in [0.15, 0.2) is 0 Å². The molecule has 0 saturated heterocycles. The largest absolute Gasteiger partial charge is 0.497 e. The molecule has 0 aliphatic rings. The third-order valence-corrected chi connectivity index (χ3v) is 3.48. The number of hydrogen-bond acceptors (Lipinski definition) is 4. The molecule has 0 aliphatic heterocycles. The summed E-state index contributed by atoms with van der Waals surface area (Å²) in [5, 5.41) is 7.40. The lowest BCUT2D eigenvalue weighted by Crippen LogP contribution is -1.90. The standard InChI is InChI=1S/C17H17N3O2/c1-21-13-7-8-14(17(9-13)22-2)16-10-15(19-20-16)11-3-5-12(18)6-4-11/h3-10H,18H2,1-2H3,(H,19,20). The molecule has 5 nitrogen and oxygen atoms in total. The molecule has 0 amide bonds. The molecule has 3 rings (SSSR count). The van der Waals surface area contributed by atoms with Gasteiger partial charge in [0.25, 0.3) is 0 Å². The first-order valence-corrected chi connectivity index (χ1v) is 6.85. The van der Waals surface area contributed by atoms with Gasteiger partial charge >= 0.3 is 0 Å². The van der Waals surface area contributed by atoms with Crippen LogP contribution in [-0.2, 0) is 0 Å². The van der Waals surface area contributed by atoms with Gasteiger partial charge in [0.05, 0.1) is 25.6 Å². The fourth-order valence-corrected chi connectivity index (χ4v) is 2.28. The maximum Gasteiger partial charge on any atom is 0.131 e. The first kappa shape index (κ1) is 14.0. The van der Waals surface area contributed by atoms with E-state index in [1.165, 1.54) is 0 Å². The Labute approximate surface area is 128 Å². The minimum atomic E-state index is 0.729. The highest BCUT2D eigenvalue weighted by molar-refractivity contribution is 5.73. The zero-order valence-corrected chi connectivity index (χ0v) is 12.5. The summed E-state index contributed by atoms with van der Waals surface area (Å²) in [4.78, 5) is 0. The molecular formula is C17H17N3O2. The first-order chi connectivity index (χ1) is 10.7. The molecule has 0 fully saturated rings. The molecule has 1 heterocycles. The summed E-state index contributed by atoms with van der Waals surface area (Å²) >= 11 is 0. The number of benzene rings is 2. The Kier molecular flexibility index (Phi) is 3.70. The topological polar surface area (TPSA) is 73.2 Å². The number of nitrogen functional groups attached to an aromatic ring is 1. The number of rotatable bonds is 4. The number of nitrogens with two attached hydrogens (primary N) is 1. The highest BCUT2D eigenvalue weighted by Crippen LogP contribution is 2.33. The van der Waals surface area contributed by atoms with Gasteiger partial charge in [-0.1, -0.05) is 12.1 Å². The number of nitrogens with one attached hydrogen (secondary N) is 1. The SMILES string of the molecule is COc1ccc(-c2cc(-c3ccc(N)cc3)n[nH]2)c(OC)c1. The smallest absolute Gasteiger partial charge is 0.131 e. The van der Waals surface area contributed by atoms with Crippen molar-refractivity contribution >= 4 is 5.69 Å². The van der Waals surface area contributed by atoms with Gasteiger partial charge in [-0.2, -0.15) is 5.10 Å². The molecular weight excluding hydrogens is 278 g/mol. The number of anilines is 1. The van der Waals surface area contributed by atoms with Crippen LogP contribution < -0.4 is 15.2 Å². The zero-order valence-electron chi connectivity index (χ0n) is 12.5. The van der Waals surface area contributed by atoms with Gasteiger partial charge in [-0.3, -0.25) is 5.10 Å². The third-order valence-electron chi connectivity index (χ3n) is 3.48. The Hall–Kier alpha value is -2.95. The van der Waals surface area contributed by atoms with Gasteiger partial charge in [0, 0.05) is 22.9 Å². The average Bonchev–Trinajstić information content (AvgIpc) is 3.04. The Bertz CT molecular complexity index is 779. The second kappa shape index (κ2) is 5.81. The minimum Gasteiger partial charge on any atom is -0.497 e. The molecule has 112 valence electrons. The van der Waals surface area contributed by atoms with Crippen molar-refractivity contribution in [1.29, 1.82) is 0 Å². The third kappa shape index (κ3) is 2.61. The zero-order chi connectivity index (χ0) is 15.5. The van der Waals surface area contributed by atoms with Crippen LogP contribution in [0.25, 0.3) is 22.5 Å². The molecule has 3 N–H and O–H groups in total. The molecule has 0 saturated carbocycles. The van der Waals surface area contributed by atoms with E-state index in [-0.39, 0.29) is 0 Å². The van der Waals surface area contributed by atoms with E-state index < -0.39 is 0 Å². The van der Waals surface area contributed by atoms with Crippen molar-refractivity contribution in [2.75, 3.05) is 20.0 Å². The van der Waals surface area contributed by atoms with Crippen LogP contribution in [0.2, 0.25) is 0 Å². The number of aromatic amines is 1. The van der Waals surface area contributed by atoms with Gasteiger partial charge in [-0.05, 0) is 30.3 Å². The summed E-state index contributed by atoms with van der Waals surface area (Å²) in [7, 11) is 3.26. The fourth-order valence-electron chi connectivity index (χ4n) is 2.28. The summed E-state index contributed by atoms with van der Waals surface area (Å²) in [6.45, 7) is 0. The van der Waals surface area contributed by atoms with Crippen molar-refractivity contribution in [2.24, 2.45) is 0 Å². The predicted octanol–water partition coefficient (Wildman–Crippen LogP) is 3.34. The summed E-state index contributed by atoms with van der Waals surface area (Å²) < 4.78 is 10.6. The summed E-state index contributed by atoms with van der Waals surface area (Å²) in [6, 6.07) is 15.3. The van der Waals surface area contributed by atoms with Gasteiger partial charge in [-0.15, -0.1) is 0 Å². The second-order valence-corrected chi connectivity index (χ2v) is 4.86. The number of hydrogen-bond donors (Lipinski definition) is 2. The molecule has 0 atom stereocenters. The molecule has 0 aliphatic carbocycles. The van der Waals surface area contributed by atoms with E-state index in [0.717, 1.165) is 39.7 Å². The molecule has 2 aromatic carbocycles. The fraction of sp³-hybridized carbons (Fsp3) is 0.118. The van der Waals surface area contributed by atoms with E-state index in [4.69, 9.17) is 15.2 Å². The number of ether oxygens (including phenoxy) is 2. The Balaban J connectivity index is 1.98. The normalized spacial score (nSPS) is 10.5. The summed E-state index contributed by atoms with van der Waals surface area (Å²) in [5.41, 5.74) is 10.1. The first-order valence-electron chi connectivity index (χ1n) is 6.85. The minimum absolute atomic E-state index is 0.729. The van der Waals surface area contributed by atoms with Crippen LogP contribution in [0.5, 0.6) is 11.5 Å². The molecule has 0 bridgehead atoms. The molecule has 3 aromatic rings. The van der Waals surface area contributed by atoms with Crippen LogP contribution >= 0.6 is 0 Å². The predicted molar refractivity (Wildman–Crippen MR) is 87.0 cm³/mol. The van der Waals surface area contributed by atoms with Gasteiger partial charge in [-0.25, -0.2) is 0 Å². The Morgan fingerprint density at radius 2 is 1.73 bits per heavy atom. The highest BCUT2D eigenvalue weighted by atomic mass is 16.5. The maximum atomic E-state index is 5.71. The number of H-pyrrole nitrogens is 1.